The molecule has 2 aromatic rings. The van der Waals surface area contributed by atoms with Gasteiger partial charge >= 0.3 is 0 Å². The molecule has 2 rings (SSSR count). The van der Waals surface area contributed by atoms with E-state index in [0.29, 0.717) is 18.0 Å². The van der Waals surface area contributed by atoms with Gasteiger partial charge in [-0.3, -0.25) is 0 Å². The van der Waals surface area contributed by atoms with Crippen molar-refractivity contribution in [3.63, 3.8) is 0 Å². The van der Waals surface area contributed by atoms with Crippen molar-refractivity contribution in [2.75, 3.05) is 26.6 Å². The fourth-order valence-corrected chi connectivity index (χ4v) is 2.39. The van der Waals surface area contributed by atoms with E-state index in [4.69, 9.17) is 14.2 Å². The van der Waals surface area contributed by atoms with Gasteiger partial charge in [0.25, 0.3) is 0 Å². The molecule has 0 aliphatic rings. The number of rotatable bonds is 6. The Bertz CT molecular complexity index is 599. The topological polar surface area (TPSA) is 39.7 Å². The van der Waals surface area contributed by atoms with Crippen molar-refractivity contribution in [3.8, 4) is 17.2 Å². The third-order valence-corrected chi connectivity index (χ3v) is 3.77. The highest BCUT2D eigenvalue weighted by Crippen LogP contribution is 2.36. The Morgan fingerprint density at radius 1 is 1.05 bits per heavy atom. The van der Waals surface area contributed by atoms with Gasteiger partial charge in [0.2, 0.25) is 0 Å². The van der Waals surface area contributed by atoms with Crippen LogP contribution in [0, 0.1) is 6.07 Å². The zero-order chi connectivity index (χ0) is 15.2. The summed E-state index contributed by atoms with van der Waals surface area (Å²) in [4.78, 5) is 0. The lowest BCUT2D eigenvalue weighted by atomic mass is 10.1. The molecule has 1 N–H and O–H groups in total. The first-order chi connectivity index (χ1) is 10.2. The molecule has 0 bridgehead atoms. The Morgan fingerprint density at radius 2 is 1.76 bits per heavy atom. The number of hydrogen-bond donors (Lipinski definition) is 1. The Hall–Kier alpha value is -1.88. The highest BCUT2D eigenvalue weighted by atomic mass is 79.9. The van der Waals surface area contributed by atoms with Crippen molar-refractivity contribution in [2.45, 2.75) is 6.54 Å². The van der Waals surface area contributed by atoms with Gasteiger partial charge in [-0.05, 0) is 30.3 Å². The molecule has 0 aromatic heterocycles. The van der Waals surface area contributed by atoms with E-state index in [0.717, 1.165) is 21.5 Å². The van der Waals surface area contributed by atoms with E-state index < -0.39 is 0 Å². The summed E-state index contributed by atoms with van der Waals surface area (Å²) in [6.07, 6.45) is 0. The Morgan fingerprint density at radius 3 is 2.33 bits per heavy atom. The van der Waals surface area contributed by atoms with Crippen LogP contribution in [-0.4, -0.2) is 21.3 Å². The summed E-state index contributed by atoms with van der Waals surface area (Å²) < 4.78 is 16.8. The summed E-state index contributed by atoms with van der Waals surface area (Å²) in [7, 11) is 4.87. The third kappa shape index (κ3) is 3.61. The molecule has 0 heterocycles. The van der Waals surface area contributed by atoms with Gasteiger partial charge < -0.3 is 19.5 Å². The first kappa shape index (κ1) is 15.5. The molecule has 111 valence electrons. The summed E-state index contributed by atoms with van der Waals surface area (Å²) in [6.45, 7) is 0.598. The first-order valence-electron chi connectivity index (χ1n) is 6.38. The number of hydrogen-bond acceptors (Lipinski definition) is 4. The zero-order valence-corrected chi connectivity index (χ0v) is 13.8. The van der Waals surface area contributed by atoms with Gasteiger partial charge in [0, 0.05) is 28.3 Å². The quantitative estimate of drug-likeness (QED) is 0.857. The minimum Gasteiger partial charge on any atom is -0.497 e. The number of anilines is 1. The summed E-state index contributed by atoms with van der Waals surface area (Å²) in [5, 5.41) is 3.34. The second kappa shape index (κ2) is 7.22. The lowest BCUT2D eigenvalue weighted by molar-refractivity contribution is 0.351. The summed E-state index contributed by atoms with van der Waals surface area (Å²) >= 11 is 3.52. The fourth-order valence-electron chi connectivity index (χ4n) is 1.96. The van der Waals surface area contributed by atoms with Gasteiger partial charge in [0.1, 0.15) is 5.75 Å². The molecule has 4 nitrogen and oxygen atoms in total. The lowest BCUT2D eigenvalue weighted by Gasteiger charge is -2.15. The molecule has 0 aliphatic carbocycles. The molecule has 0 saturated carbocycles. The molecular weight excluding hydrogens is 334 g/mol. The van der Waals surface area contributed by atoms with E-state index in [2.05, 4.69) is 27.3 Å². The van der Waals surface area contributed by atoms with Crippen LogP contribution in [0.5, 0.6) is 17.2 Å². The molecule has 0 amide bonds. The molecule has 0 spiro atoms. The summed E-state index contributed by atoms with van der Waals surface area (Å²) in [5.41, 5.74) is 1.97. The van der Waals surface area contributed by atoms with Crippen LogP contribution < -0.4 is 19.5 Å². The number of halogens is 1. The predicted octanol–water partition coefficient (Wildman–Crippen LogP) is 3.89. The maximum atomic E-state index is 5.43. The highest BCUT2D eigenvalue weighted by molar-refractivity contribution is 9.10. The average molecular weight is 351 g/mol. The molecule has 21 heavy (non-hydrogen) atoms. The number of benzene rings is 2. The molecule has 0 fully saturated rings. The second-order valence-electron chi connectivity index (χ2n) is 4.26. The Kier molecular flexibility index (Phi) is 5.33. The molecule has 0 unspecified atom stereocenters. The van der Waals surface area contributed by atoms with Crippen molar-refractivity contribution in [1.29, 1.82) is 0 Å². The molecular formula is C16H17BrNO3. The molecule has 0 saturated heterocycles. The van der Waals surface area contributed by atoms with E-state index in [1.54, 1.807) is 21.3 Å². The molecule has 1 radical (unpaired) electrons. The molecule has 2 aromatic carbocycles. The van der Waals surface area contributed by atoms with Crippen LogP contribution in [-0.2, 0) is 6.54 Å². The minimum absolute atomic E-state index is 0.590. The van der Waals surface area contributed by atoms with Crippen LogP contribution in [0.2, 0.25) is 0 Å². The third-order valence-electron chi connectivity index (χ3n) is 3.07. The Labute approximate surface area is 133 Å². The largest absolute Gasteiger partial charge is 0.497 e. The number of methoxy groups -OCH3 is 3. The minimum atomic E-state index is 0.590. The standard InChI is InChI=1S/C16H17BrNO3/c1-19-12-6-4-11(5-7-12)18-10-13-14(17)8-9-15(20-2)16(13)21-3/h4-8,18H,10H2,1-3H3. The van der Waals surface area contributed by atoms with E-state index >= 15 is 0 Å². The van der Waals surface area contributed by atoms with Crippen molar-refractivity contribution >= 4 is 21.6 Å². The van der Waals surface area contributed by atoms with Gasteiger partial charge in [-0.2, -0.15) is 0 Å². The smallest absolute Gasteiger partial charge is 0.169 e. The van der Waals surface area contributed by atoms with E-state index in [9.17, 15) is 0 Å². The zero-order valence-electron chi connectivity index (χ0n) is 12.2. The van der Waals surface area contributed by atoms with E-state index in [1.807, 2.05) is 30.3 Å². The van der Waals surface area contributed by atoms with Crippen molar-refractivity contribution < 1.29 is 14.2 Å². The van der Waals surface area contributed by atoms with Gasteiger partial charge in [-0.1, -0.05) is 15.9 Å². The van der Waals surface area contributed by atoms with Crippen LogP contribution >= 0.6 is 15.9 Å². The maximum Gasteiger partial charge on any atom is 0.169 e. The second-order valence-corrected chi connectivity index (χ2v) is 5.12. The van der Waals surface area contributed by atoms with Gasteiger partial charge in [-0.25, -0.2) is 0 Å². The molecule has 0 aliphatic heterocycles. The lowest BCUT2D eigenvalue weighted by Crippen LogP contribution is -2.04. The van der Waals surface area contributed by atoms with Crippen LogP contribution in [0.3, 0.4) is 0 Å². The fraction of sp³-hybridized carbons (Fsp3) is 0.250. The normalized spacial score (nSPS) is 10.1. The molecule has 0 atom stereocenters. The van der Waals surface area contributed by atoms with E-state index in [1.165, 1.54) is 0 Å². The van der Waals surface area contributed by atoms with Crippen LogP contribution in [0.4, 0.5) is 5.69 Å². The van der Waals surface area contributed by atoms with Crippen LogP contribution in [0.25, 0.3) is 0 Å². The highest BCUT2D eigenvalue weighted by Gasteiger charge is 2.13. The maximum absolute atomic E-state index is 5.43. The van der Waals surface area contributed by atoms with E-state index in [-0.39, 0.29) is 0 Å². The Balaban J connectivity index is 2.18. The van der Waals surface area contributed by atoms with Crippen molar-refractivity contribution in [1.82, 2.24) is 0 Å². The van der Waals surface area contributed by atoms with Crippen molar-refractivity contribution in [3.05, 3.63) is 46.4 Å². The predicted molar refractivity (Wildman–Crippen MR) is 86.4 cm³/mol. The van der Waals surface area contributed by atoms with Gasteiger partial charge in [-0.15, -0.1) is 0 Å². The van der Waals surface area contributed by atoms with Gasteiger partial charge in [0.15, 0.2) is 11.5 Å². The first-order valence-corrected chi connectivity index (χ1v) is 7.17. The van der Waals surface area contributed by atoms with Crippen LogP contribution in [0.1, 0.15) is 5.56 Å². The average Bonchev–Trinajstić information content (AvgIpc) is 2.53. The van der Waals surface area contributed by atoms with Crippen LogP contribution in [0.15, 0.2) is 34.8 Å². The van der Waals surface area contributed by atoms with Crippen molar-refractivity contribution in [2.24, 2.45) is 0 Å². The summed E-state index contributed by atoms with van der Waals surface area (Å²) in [6, 6.07) is 12.6. The number of ether oxygens (including phenoxy) is 3. The monoisotopic (exact) mass is 350 g/mol. The van der Waals surface area contributed by atoms with Gasteiger partial charge in [0.05, 0.1) is 21.3 Å². The molecule has 5 heteroatoms. The number of nitrogens with one attached hydrogen (secondary N) is 1. The SMILES string of the molecule is COc1ccc(NCc2c(Br)c[c]c(OC)c2OC)cc1. The summed E-state index contributed by atoms with van der Waals surface area (Å²) in [5.74, 6) is 2.09.